The van der Waals surface area contributed by atoms with E-state index < -0.39 is 6.04 Å². The fourth-order valence-corrected chi connectivity index (χ4v) is 3.46. The minimum absolute atomic E-state index is 0.0320. The van der Waals surface area contributed by atoms with Crippen LogP contribution in [-0.2, 0) is 16.1 Å². The molecule has 1 unspecified atom stereocenters. The molecule has 2 aromatic rings. The summed E-state index contributed by atoms with van der Waals surface area (Å²) in [6, 6.07) is 16.4. The monoisotopic (exact) mass is 411 g/mol. The summed E-state index contributed by atoms with van der Waals surface area (Å²) in [5, 5.41) is 3.29. The van der Waals surface area contributed by atoms with Crippen LogP contribution in [0.15, 0.2) is 54.6 Å². The Labute approximate surface area is 176 Å². The summed E-state index contributed by atoms with van der Waals surface area (Å²) in [7, 11) is 1.65. The van der Waals surface area contributed by atoms with Gasteiger partial charge >= 0.3 is 0 Å². The van der Waals surface area contributed by atoms with E-state index in [1.807, 2.05) is 54.3 Å². The number of carbonyl (C=O) groups excluding carboxylic acids is 2. The summed E-state index contributed by atoms with van der Waals surface area (Å²) in [6.07, 6.45) is 0.966. The predicted octanol–water partition coefficient (Wildman–Crippen LogP) is 3.43. The first-order chi connectivity index (χ1) is 14.0. The fourth-order valence-electron chi connectivity index (χ4n) is 3.17. The van der Waals surface area contributed by atoms with E-state index in [1.165, 1.54) is 4.90 Å². The molecule has 1 N–H and O–H groups in total. The number of carbonyl (C=O) groups is 2. The zero-order valence-electron chi connectivity index (χ0n) is 16.6. The molecular formula is C22H25N3O3S. The molecule has 6 nitrogen and oxygen atoms in total. The summed E-state index contributed by atoms with van der Waals surface area (Å²) in [4.78, 5) is 28.5. The van der Waals surface area contributed by atoms with Crippen molar-refractivity contribution in [1.29, 1.82) is 0 Å². The molecule has 0 radical (unpaired) electrons. The Bertz CT molecular complexity index is 871. The van der Waals surface area contributed by atoms with Gasteiger partial charge < -0.3 is 15.0 Å². The third-order valence-electron chi connectivity index (χ3n) is 4.71. The van der Waals surface area contributed by atoms with Crippen LogP contribution in [0.5, 0.6) is 5.75 Å². The number of ether oxygens (including phenoxy) is 1. The molecule has 0 aliphatic carbocycles. The van der Waals surface area contributed by atoms with Crippen molar-refractivity contribution in [2.75, 3.05) is 19.0 Å². The maximum absolute atomic E-state index is 12.6. The van der Waals surface area contributed by atoms with Crippen molar-refractivity contribution >= 4 is 34.8 Å². The van der Waals surface area contributed by atoms with E-state index in [0.717, 1.165) is 17.7 Å². The molecule has 2 amide bonds. The maximum atomic E-state index is 12.6. The van der Waals surface area contributed by atoms with Gasteiger partial charge in [0.05, 0.1) is 13.0 Å². The Balaban J connectivity index is 1.65. The van der Waals surface area contributed by atoms with Gasteiger partial charge in [0, 0.05) is 19.3 Å². The van der Waals surface area contributed by atoms with E-state index in [1.54, 1.807) is 19.2 Å². The molecule has 1 aliphatic rings. The van der Waals surface area contributed by atoms with Gasteiger partial charge in [-0.3, -0.25) is 14.5 Å². The quantitative estimate of drug-likeness (QED) is 0.675. The average molecular weight is 412 g/mol. The van der Waals surface area contributed by atoms with Crippen LogP contribution in [0.4, 0.5) is 5.69 Å². The zero-order chi connectivity index (χ0) is 20.8. The van der Waals surface area contributed by atoms with Crippen LogP contribution in [0.3, 0.4) is 0 Å². The molecule has 0 aromatic heterocycles. The highest BCUT2D eigenvalue weighted by molar-refractivity contribution is 7.80. The molecule has 0 spiro atoms. The molecule has 1 saturated heterocycles. The second kappa shape index (κ2) is 9.52. The predicted molar refractivity (Wildman–Crippen MR) is 117 cm³/mol. The van der Waals surface area contributed by atoms with Gasteiger partial charge in [0.15, 0.2) is 5.11 Å². The second-order valence-corrected chi connectivity index (χ2v) is 7.30. The first-order valence-corrected chi connectivity index (χ1v) is 10.0. The van der Waals surface area contributed by atoms with Crippen LogP contribution < -0.4 is 10.1 Å². The van der Waals surface area contributed by atoms with Gasteiger partial charge in [0.1, 0.15) is 11.8 Å². The fraction of sp³-hybridized carbons (Fsp3) is 0.318. The lowest BCUT2D eigenvalue weighted by molar-refractivity contribution is -0.130. The molecular weight excluding hydrogens is 386 g/mol. The molecule has 7 heteroatoms. The first kappa shape index (κ1) is 20.8. The number of benzene rings is 2. The molecule has 2 aromatic carbocycles. The maximum Gasteiger partial charge on any atom is 0.251 e. The highest BCUT2D eigenvalue weighted by Gasteiger charge is 2.41. The standard InChI is InChI=1S/C22H25N3O3S/c1-3-13-28-18-11-9-17(10-12-18)23-20(26)14-19-21(27)24(2)22(29)25(19)15-16-7-5-4-6-8-16/h4-12,19H,3,13-15H2,1-2H3,(H,23,26). The van der Waals surface area contributed by atoms with Crippen LogP contribution in [-0.4, -0.2) is 46.4 Å². The molecule has 29 heavy (non-hydrogen) atoms. The van der Waals surface area contributed by atoms with E-state index in [0.29, 0.717) is 24.0 Å². The number of likely N-dealkylation sites (N-methyl/N-ethyl adjacent to an activating group) is 1. The molecule has 0 saturated carbocycles. The van der Waals surface area contributed by atoms with E-state index in [9.17, 15) is 9.59 Å². The molecule has 1 fully saturated rings. The number of rotatable bonds is 8. The first-order valence-electron chi connectivity index (χ1n) is 9.64. The van der Waals surface area contributed by atoms with Crippen molar-refractivity contribution in [1.82, 2.24) is 9.80 Å². The third kappa shape index (κ3) is 5.12. The van der Waals surface area contributed by atoms with Crippen molar-refractivity contribution < 1.29 is 14.3 Å². The number of amides is 2. The van der Waals surface area contributed by atoms with E-state index in [4.69, 9.17) is 17.0 Å². The van der Waals surface area contributed by atoms with E-state index in [-0.39, 0.29) is 18.2 Å². The normalized spacial score (nSPS) is 16.3. The van der Waals surface area contributed by atoms with Crippen LogP contribution in [0, 0.1) is 0 Å². The van der Waals surface area contributed by atoms with Crippen molar-refractivity contribution in [3.05, 3.63) is 60.2 Å². The van der Waals surface area contributed by atoms with Gasteiger partial charge in [-0.05, 0) is 48.5 Å². The molecule has 152 valence electrons. The van der Waals surface area contributed by atoms with E-state index >= 15 is 0 Å². The lowest BCUT2D eigenvalue weighted by atomic mass is 10.1. The highest BCUT2D eigenvalue weighted by Crippen LogP contribution is 2.23. The highest BCUT2D eigenvalue weighted by atomic mass is 32.1. The van der Waals surface area contributed by atoms with Crippen LogP contribution >= 0.6 is 12.2 Å². The van der Waals surface area contributed by atoms with E-state index in [2.05, 4.69) is 5.32 Å². The summed E-state index contributed by atoms with van der Waals surface area (Å²) < 4.78 is 5.55. The topological polar surface area (TPSA) is 61.9 Å². The summed E-state index contributed by atoms with van der Waals surface area (Å²) in [6.45, 7) is 3.18. The number of anilines is 1. The van der Waals surface area contributed by atoms with Gasteiger partial charge in [0.2, 0.25) is 5.91 Å². The zero-order valence-corrected chi connectivity index (χ0v) is 17.4. The summed E-state index contributed by atoms with van der Waals surface area (Å²) >= 11 is 5.43. The number of hydrogen-bond acceptors (Lipinski definition) is 4. The van der Waals surface area contributed by atoms with Gasteiger partial charge in [0.25, 0.3) is 5.91 Å². The molecule has 1 heterocycles. The minimum Gasteiger partial charge on any atom is -0.494 e. The summed E-state index contributed by atoms with van der Waals surface area (Å²) in [5.41, 5.74) is 1.70. The summed E-state index contributed by atoms with van der Waals surface area (Å²) in [5.74, 6) is 0.364. The Morgan fingerprint density at radius 2 is 1.83 bits per heavy atom. The molecule has 1 atom stereocenters. The Hall–Kier alpha value is -2.93. The third-order valence-corrected chi connectivity index (χ3v) is 5.22. The molecule has 1 aliphatic heterocycles. The van der Waals surface area contributed by atoms with Crippen molar-refractivity contribution in [2.45, 2.75) is 32.4 Å². The second-order valence-electron chi connectivity index (χ2n) is 6.93. The lowest BCUT2D eigenvalue weighted by Crippen LogP contribution is -2.37. The number of nitrogens with one attached hydrogen (secondary N) is 1. The van der Waals surface area contributed by atoms with Crippen molar-refractivity contribution in [3.8, 4) is 5.75 Å². The van der Waals surface area contributed by atoms with Gasteiger partial charge in [-0.1, -0.05) is 37.3 Å². The Morgan fingerprint density at radius 1 is 1.14 bits per heavy atom. The Morgan fingerprint density at radius 3 is 2.48 bits per heavy atom. The largest absolute Gasteiger partial charge is 0.494 e. The van der Waals surface area contributed by atoms with Crippen LogP contribution in [0.2, 0.25) is 0 Å². The minimum atomic E-state index is -0.611. The number of thiocarbonyl (C=S) groups is 1. The number of hydrogen-bond donors (Lipinski definition) is 1. The number of nitrogens with zero attached hydrogens (tertiary/aromatic N) is 2. The Kier molecular flexibility index (Phi) is 6.82. The smallest absolute Gasteiger partial charge is 0.251 e. The van der Waals surface area contributed by atoms with Crippen molar-refractivity contribution in [2.24, 2.45) is 0 Å². The van der Waals surface area contributed by atoms with Crippen LogP contribution in [0.1, 0.15) is 25.3 Å². The van der Waals surface area contributed by atoms with Crippen LogP contribution in [0.25, 0.3) is 0 Å². The lowest BCUT2D eigenvalue weighted by Gasteiger charge is -2.23. The van der Waals surface area contributed by atoms with Gasteiger partial charge in [-0.2, -0.15) is 0 Å². The van der Waals surface area contributed by atoms with Crippen molar-refractivity contribution in [3.63, 3.8) is 0 Å². The molecule has 3 rings (SSSR count). The van der Waals surface area contributed by atoms with Gasteiger partial charge in [-0.25, -0.2) is 0 Å². The van der Waals surface area contributed by atoms with Gasteiger partial charge in [-0.15, -0.1) is 0 Å². The molecule has 0 bridgehead atoms. The average Bonchev–Trinajstić information content (AvgIpc) is 2.92. The SMILES string of the molecule is CCCOc1ccc(NC(=O)CC2C(=O)N(C)C(=S)N2Cc2ccccc2)cc1.